The van der Waals surface area contributed by atoms with Gasteiger partial charge in [-0.3, -0.25) is 4.79 Å². The molecule has 0 saturated heterocycles. The lowest BCUT2D eigenvalue weighted by Gasteiger charge is -2.28. The van der Waals surface area contributed by atoms with Crippen molar-refractivity contribution in [3.8, 4) is 11.5 Å². The summed E-state index contributed by atoms with van der Waals surface area (Å²) < 4.78 is 11.1. The molecular formula is C22H28N2O3. The first-order chi connectivity index (χ1) is 13.1. The van der Waals surface area contributed by atoms with Gasteiger partial charge in [0.15, 0.2) is 0 Å². The molecule has 1 amide bonds. The third kappa shape index (κ3) is 4.54. The van der Waals surface area contributed by atoms with Crippen LogP contribution in [0.25, 0.3) is 0 Å². The van der Waals surface area contributed by atoms with Crippen LogP contribution in [-0.4, -0.2) is 37.6 Å². The third-order valence-electron chi connectivity index (χ3n) is 4.88. The maximum atomic E-state index is 12.5. The second-order valence-electron chi connectivity index (χ2n) is 6.76. The number of ether oxygens (including phenoxy) is 2. The Morgan fingerprint density at radius 3 is 2.67 bits per heavy atom. The lowest BCUT2D eigenvalue weighted by atomic mass is 10.0. The van der Waals surface area contributed by atoms with Crippen molar-refractivity contribution in [2.75, 3.05) is 32.1 Å². The maximum Gasteiger partial charge on any atom is 0.226 e. The molecular weight excluding hydrogens is 340 g/mol. The van der Waals surface area contributed by atoms with Crippen LogP contribution in [0.2, 0.25) is 0 Å². The minimum atomic E-state index is 0.0709. The molecule has 1 heterocycles. The molecule has 2 aromatic rings. The first-order valence-electron chi connectivity index (χ1n) is 9.58. The van der Waals surface area contributed by atoms with Crippen molar-refractivity contribution in [2.24, 2.45) is 0 Å². The SMILES string of the molecule is CCCN(CC)C(=O)Cc1ccc2c(c1)NC(c1ccc(OC)cc1)CO2. The van der Waals surface area contributed by atoms with E-state index >= 15 is 0 Å². The van der Waals surface area contributed by atoms with Crippen LogP contribution in [0.5, 0.6) is 11.5 Å². The number of fused-ring (bicyclic) bond motifs is 1. The highest BCUT2D eigenvalue weighted by molar-refractivity contribution is 5.79. The number of nitrogens with one attached hydrogen (secondary N) is 1. The zero-order chi connectivity index (χ0) is 19.2. The Morgan fingerprint density at radius 2 is 2.00 bits per heavy atom. The molecule has 27 heavy (non-hydrogen) atoms. The van der Waals surface area contributed by atoms with Crippen molar-refractivity contribution in [3.05, 3.63) is 53.6 Å². The number of methoxy groups -OCH3 is 1. The van der Waals surface area contributed by atoms with Crippen LogP contribution in [0.15, 0.2) is 42.5 Å². The number of rotatable bonds is 7. The Morgan fingerprint density at radius 1 is 1.22 bits per heavy atom. The van der Waals surface area contributed by atoms with Gasteiger partial charge in [-0.1, -0.05) is 25.1 Å². The van der Waals surface area contributed by atoms with Crippen molar-refractivity contribution in [1.82, 2.24) is 4.90 Å². The minimum Gasteiger partial charge on any atom is -0.497 e. The van der Waals surface area contributed by atoms with E-state index in [1.807, 2.05) is 54.3 Å². The molecule has 3 rings (SSSR count). The molecule has 5 nitrogen and oxygen atoms in total. The largest absolute Gasteiger partial charge is 0.497 e. The molecule has 0 spiro atoms. The molecule has 144 valence electrons. The number of amides is 1. The number of hydrogen-bond donors (Lipinski definition) is 1. The number of hydrogen-bond acceptors (Lipinski definition) is 4. The molecule has 0 fully saturated rings. The van der Waals surface area contributed by atoms with Gasteiger partial charge in [0.25, 0.3) is 0 Å². The van der Waals surface area contributed by atoms with Crippen molar-refractivity contribution in [1.29, 1.82) is 0 Å². The van der Waals surface area contributed by atoms with Gasteiger partial charge in [0.2, 0.25) is 5.91 Å². The summed E-state index contributed by atoms with van der Waals surface area (Å²) in [5.41, 5.74) is 3.08. The second kappa shape index (κ2) is 8.80. The summed E-state index contributed by atoms with van der Waals surface area (Å²) >= 11 is 0. The van der Waals surface area contributed by atoms with Gasteiger partial charge < -0.3 is 19.7 Å². The summed E-state index contributed by atoms with van der Waals surface area (Å²) in [4.78, 5) is 14.4. The minimum absolute atomic E-state index is 0.0709. The number of likely N-dealkylation sites (N-methyl/N-ethyl adjacent to an activating group) is 1. The van der Waals surface area contributed by atoms with Crippen LogP contribution in [0, 0.1) is 0 Å². The predicted octanol–water partition coefficient (Wildman–Crippen LogP) is 4.04. The Balaban J connectivity index is 1.72. The number of carbonyl (C=O) groups is 1. The van der Waals surface area contributed by atoms with Crippen molar-refractivity contribution < 1.29 is 14.3 Å². The predicted molar refractivity (Wildman–Crippen MR) is 108 cm³/mol. The average molecular weight is 368 g/mol. The first kappa shape index (κ1) is 19.1. The molecule has 1 atom stereocenters. The van der Waals surface area contributed by atoms with E-state index in [-0.39, 0.29) is 11.9 Å². The molecule has 0 radical (unpaired) electrons. The Kier molecular flexibility index (Phi) is 6.22. The van der Waals surface area contributed by atoms with Crippen molar-refractivity contribution >= 4 is 11.6 Å². The number of nitrogens with zero attached hydrogens (tertiary/aromatic N) is 1. The smallest absolute Gasteiger partial charge is 0.226 e. The van der Waals surface area contributed by atoms with E-state index in [9.17, 15) is 4.79 Å². The summed E-state index contributed by atoms with van der Waals surface area (Å²) in [6, 6.07) is 14.0. The van der Waals surface area contributed by atoms with Gasteiger partial charge in [0.1, 0.15) is 18.1 Å². The molecule has 1 aliphatic rings. The van der Waals surface area contributed by atoms with Crippen LogP contribution >= 0.6 is 0 Å². The zero-order valence-electron chi connectivity index (χ0n) is 16.3. The van der Waals surface area contributed by atoms with Crippen LogP contribution in [0.4, 0.5) is 5.69 Å². The summed E-state index contributed by atoms with van der Waals surface area (Å²) in [6.07, 6.45) is 1.39. The van der Waals surface area contributed by atoms with E-state index < -0.39 is 0 Å². The fourth-order valence-corrected chi connectivity index (χ4v) is 3.36. The molecule has 0 aliphatic carbocycles. The lowest BCUT2D eigenvalue weighted by Crippen LogP contribution is -2.32. The van der Waals surface area contributed by atoms with E-state index in [4.69, 9.17) is 9.47 Å². The molecule has 2 aromatic carbocycles. The van der Waals surface area contributed by atoms with Crippen molar-refractivity contribution in [3.63, 3.8) is 0 Å². The van der Waals surface area contributed by atoms with Crippen molar-refractivity contribution in [2.45, 2.75) is 32.7 Å². The normalized spacial score (nSPS) is 15.3. The van der Waals surface area contributed by atoms with Gasteiger partial charge in [0.05, 0.1) is 25.3 Å². The van der Waals surface area contributed by atoms with Crippen LogP contribution < -0.4 is 14.8 Å². The Hall–Kier alpha value is -2.69. The van der Waals surface area contributed by atoms with Crippen LogP contribution in [-0.2, 0) is 11.2 Å². The third-order valence-corrected chi connectivity index (χ3v) is 4.88. The highest BCUT2D eigenvalue weighted by atomic mass is 16.5. The highest BCUT2D eigenvalue weighted by Gasteiger charge is 2.21. The Bertz CT molecular complexity index is 774. The van der Waals surface area contributed by atoms with Gasteiger partial charge in [-0.25, -0.2) is 0 Å². The zero-order valence-corrected chi connectivity index (χ0v) is 16.3. The fraction of sp³-hybridized carbons (Fsp3) is 0.409. The molecule has 1 aliphatic heterocycles. The first-order valence-corrected chi connectivity index (χ1v) is 9.58. The summed E-state index contributed by atoms with van der Waals surface area (Å²) in [6.45, 7) is 6.24. The number of carbonyl (C=O) groups excluding carboxylic acids is 1. The average Bonchev–Trinajstić information content (AvgIpc) is 2.71. The van der Waals surface area contributed by atoms with E-state index in [2.05, 4.69) is 12.2 Å². The molecule has 0 bridgehead atoms. The lowest BCUT2D eigenvalue weighted by molar-refractivity contribution is -0.130. The summed E-state index contributed by atoms with van der Waals surface area (Å²) in [5, 5.41) is 3.54. The van der Waals surface area contributed by atoms with Gasteiger partial charge in [-0.2, -0.15) is 0 Å². The highest BCUT2D eigenvalue weighted by Crippen LogP contribution is 2.35. The monoisotopic (exact) mass is 368 g/mol. The molecule has 1 unspecified atom stereocenters. The van der Waals surface area contributed by atoms with Crippen LogP contribution in [0.1, 0.15) is 37.4 Å². The molecule has 0 saturated carbocycles. The Labute approximate surface area is 161 Å². The summed E-state index contributed by atoms with van der Waals surface area (Å²) in [7, 11) is 1.66. The molecule has 1 N–H and O–H groups in total. The van der Waals surface area contributed by atoms with E-state index in [0.29, 0.717) is 13.0 Å². The van der Waals surface area contributed by atoms with Gasteiger partial charge in [-0.15, -0.1) is 0 Å². The van der Waals surface area contributed by atoms with Gasteiger partial charge in [0, 0.05) is 13.1 Å². The standard InChI is InChI=1S/C22H28N2O3/c1-4-12-24(5-2)22(25)14-16-6-11-21-19(13-16)23-20(15-27-21)17-7-9-18(26-3)10-8-17/h6-11,13,20,23H,4-5,12,14-15H2,1-3H3. The topological polar surface area (TPSA) is 50.8 Å². The fourth-order valence-electron chi connectivity index (χ4n) is 3.36. The van der Waals surface area contributed by atoms with Crippen LogP contribution in [0.3, 0.4) is 0 Å². The quantitative estimate of drug-likeness (QED) is 0.801. The molecule has 0 aromatic heterocycles. The van der Waals surface area contributed by atoms with E-state index in [0.717, 1.165) is 47.8 Å². The molecule has 5 heteroatoms. The number of benzene rings is 2. The summed E-state index contributed by atoms with van der Waals surface area (Å²) in [5.74, 6) is 1.84. The van der Waals surface area contributed by atoms with E-state index in [1.54, 1.807) is 7.11 Å². The number of anilines is 1. The van der Waals surface area contributed by atoms with E-state index in [1.165, 1.54) is 0 Å². The van der Waals surface area contributed by atoms with Gasteiger partial charge in [-0.05, 0) is 48.7 Å². The maximum absolute atomic E-state index is 12.5. The van der Waals surface area contributed by atoms with Gasteiger partial charge >= 0.3 is 0 Å². The second-order valence-corrected chi connectivity index (χ2v) is 6.76.